The largest absolute Gasteiger partial charge is 0.358 e. The molecular weight excluding hydrogens is 556 g/mol. The van der Waals surface area contributed by atoms with Crippen LogP contribution in [0.15, 0.2) is 71.8 Å². The van der Waals surface area contributed by atoms with Gasteiger partial charge in [-0.05, 0) is 81.8 Å². The minimum absolute atomic E-state index is 0.0360. The number of hydrogen-bond acceptors (Lipinski definition) is 6. The smallest absolute Gasteiger partial charge is 0.162 e. The van der Waals surface area contributed by atoms with Crippen LogP contribution < -0.4 is 9.80 Å². The average Bonchev–Trinajstić information content (AvgIpc) is 3.86. The third-order valence-electron chi connectivity index (χ3n) is 15.6. The fourth-order valence-corrected chi connectivity index (χ4v) is 14.6. The fraction of sp³-hybridized carbons (Fsp3) is 0.590. The van der Waals surface area contributed by atoms with Crippen LogP contribution >= 0.6 is 0 Å². The van der Waals surface area contributed by atoms with E-state index in [0.29, 0.717) is 35.9 Å². The van der Waals surface area contributed by atoms with Gasteiger partial charge in [-0.1, -0.05) is 59.7 Å². The molecular formula is C39H44N4O2. The van der Waals surface area contributed by atoms with E-state index in [9.17, 15) is 0 Å². The molecule has 0 radical (unpaired) electrons. The summed E-state index contributed by atoms with van der Waals surface area (Å²) < 4.78 is 15.2. The number of ether oxygens (including phenoxy) is 2. The summed E-state index contributed by atoms with van der Waals surface area (Å²) in [6.07, 6.45) is 9.68. The molecule has 12 atom stereocenters. The molecule has 2 saturated carbocycles. The first kappa shape index (κ1) is 25.4. The molecule has 10 aliphatic rings. The second kappa shape index (κ2) is 7.90. The predicted molar refractivity (Wildman–Crippen MR) is 174 cm³/mol. The van der Waals surface area contributed by atoms with E-state index >= 15 is 0 Å². The minimum atomic E-state index is -0.453. The summed E-state index contributed by atoms with van der Waals surface area (Å²) in [5.41, 5.74) is 9.05. The summed E-state index contributed by atoms with van der Waals surface area (Å²) in [6.45, 7) is 9.15. The van der Waals surface area contributed by atoms with Crippen molar-refractivity contribution in [2.24, 2.45) is 17.8 Å². The van der Waals surface area contributed by atoms with Crippen molar-refractivity contribution >= 4 is 11.4 Å². The van der Waals surface area contributed by atoms with Gasteiger partial charge in [0.25, 0.3) is 0 Å². The number of piperidine rings is 2. The lowest BCUT2D eigenvalue weighted by molar-refractivity contribution is -0.184. The zero-order valence-electron chi connectivity index (χ0n) is 26.7. The monoisotopic (exact) mass is 600 g/mol. The molecule has 8 aliphatic heterocycles. The molecule has 6 heteroatoms. The molecule has 2 aliphatic carbocycles. The first-order valence-electron chi connectivity index (χ1n) is 17.9. The standard InChI is InChI=1S/C39H44N4O2/c1-4-22-20-40-16-14-37-25-10-6-8-12-28(25)42-33(37)32(24(22)18-30(37)40)34-43-29-13-9-7-11-26(29)38-15-17-41-21-23(5-2)27(19-31(38)41)39(45-34,35(38)43)36(42)44-3/h4-13,24,27,30-36H,14-21H2,1-3H3/t24-,27-,30-,31-,32+,33-,34+,35+,36+,37+,38+,39+/m0/s1. The second-order valence-corrected chi connectivity index (χ2v) is 16.1. The van der Waals surface area contributed by atoms with Crippen molar-refractivity contribution in [2.75, 3.05) is 43.1 Å². The molecule has 0 aromatic heterocycles. The Balaban J connectivity index is 1.21. The number of methoxy groups -OCH3 is 1. The molecule has 6 nitrogen and oxygen atoms in total. The van der Waals surface area contributed by atoms with Gasteiger partial charge in [0, 0.05) is 66.3 Å². The van der Waals surface area contributed by atoms with E-state index in [4.69, 9.17) is 9.47 Å². The number of para-hydroxylation sites is 2. The van der Waals surface area contributed by atoms with Crippen LogP contribution in [0.4, 0.5) is 11.4 Å². The van der Waals surface area contributed by atoms with E-state index in [0.717, 1.165) is 13.1 Å². The molecule has 12 rings (SSSR count). The Morgan fingerprint density at radius 3 is 2.18 bits per heavy atom. The van der Waals surface area contributed by atoms with Gasteiger partial charge in [-0.25, -0.2) is 0 Å². The molecule has 0 amide bonds. The van der Waals surface area contributed by atoms with E-state index in [1.807, 2.05) is 7.11 Å². The van der Waals surface area contributed by atoms with E-state index in [1.54, 1.807) is 22.3 Å². The van der Waals surface area contributed by atoms with Gasteiger partial charge in [-0.2, -0.15) is 0 Å². The van der Waals surface area contributed by atoms with Gasteiger partial charge >= 0.3 is 0 Å². The van der Waals surface area contributed by atoms with Crippen LogP contribution in [0.5, 0.6) is 0 Å². The third kappa shape index (κ3) is 2.37. The van der Waals surface area contributed by atoms with Gasteiger partial charge in [0.2, 0.25) is 0 Å². The quantitative estimate of drug-likeness (QED) is 0.427. The van der Waals surface area contributed by atoms with Crippen LogP contribution in [0, 0.1) is 17.8 Å². The van der Waals surface area contributed by atoms with Crippen molar-refractivity contribution in [2.45, 2.75) is 92.6 Å². The number of benzene rings is 2. The lowest BCUT2D eigenvalue weighted by Crippen LogP contribution is -2.77. The summed E-state index contributed by atoms with van der Waals surface area (Å²) in [5.74, 6) is 1.24. The topological polar surface area (TPSA) is 31.4 Å². The Labute approximate surface area is 266 Å². The maximum Gasteiger partial charge on any atom is 0.162 e. The second-order valence-electron chi connectivity index (χ2n) is 16.1. The van der Waals surface area contributed by atoms with Gasteiger partial charge in [0.05, 0.1) is 12.1 Å². The van der Waals surface area contributed by atoms with Crippen LogP contribution in [-0.2, 0) is 20.3 Å². The fourth-order valence-electron chi connectivity index (χ4n) is 14.6. The molecule has 45 heavy (non-hydrogen) atoms. The van der Waals surface area contributed by atoms with Gasteiger partial charge in [-0.15, -0.1) is 0 Å². The van der Waals surface area contributed by atoms with Crippen molar-refractivity contribution in [3.8, 4) is 0 Å². The van der Waals surface area contributed by atoms with Gasteiger partial charge < -0.3 is 19.3 Å². The summed E-state index contributed by atoms with van der Waals surface area (Å²) in [7, 11) is 2.01. The average molecular weight is 601 g/mol. The molecule has 232 valence electrons. The van der Waals surface area contributed by atoms with Gasteiger partial charge in [0.1, 0.15) is 11.8 Å². The Kier molecular flexibility index (Phi) is 4.47. The number of allylic oxidation sites excluding steroid dienone is 2. The van der Waals surface area contributed by atoms with Crippen molar-refractivity contribution in [1.82, 2.24) is 9.80 Å². The van der Waals surface area contributed by atoms with E-state index in [2.05, 4.69) is 94.1 Å². The first-order chi connectivity index (χ1) is 22.1. The molecule has 3 spiro atoms. The Morgan fingerprint density at radius 1 is 0.800 bits per heavy atom. The predicted octanol–water partition coefficient (Wildman–Crippen LogP) is 5.05. The highest BCUT2D eigenvalue weighted by atomic mass is 16.6. The molecule has 8 fully saturated rings. The maximum atomic E-state index is 8.15. The Bertz CT molecular complexity index is 1750. The van der Waals surface area contributed by atoms with E-state index in [1.165, 1.54) is 50.1 Å². The zero-order valence-corrected chi connectivity index (χ0v) is 26.7. The molecule has 8 heterocycles. The summed E-state index contributed by atoms with van der Waals surface area (Å²) in [5, 5.41) is 0. The third-order valence-corrected chi connectivity index (χ3v) is 15.6. The summed E-state index contributed by atoms with van der Waals surface area (Å²) in [6, 6.07) is 20.9. The molecule has 2 aromatic carbocycles. The van der Waals surface area contributed by atoms with Crippen molar-refractivity contribution < 1.29 is 9.47 Å². The van der Waals surface area contributed by atoms with Gasteiger partial charge in [0.15, 0.2) is 6.23 Å². The van der Waals surface area contributed by atoms with Gasteiger partial charge in [-0.3, -0.25) is 9.80 Å². The number of hydrogen-bond donors (Lipinski definition) is 0. The van der Waals surface area contributed by atoms with E-state index in [-0.39, 0.29) is 29.3 Å². The maximum absolute atomic E-state index is 8.15. The van der Waals surface area contributed by atoms with Crippen LogP contribution in [0.3, 0.4) is 0 Å². The summed E-state index contributed by atoms with van der Waals surface area (Å²) >= 11 is 0. The molecule has 2 aromatic rings. The number of fused-ring (bicyclic) bond motifs is 10. The molecule has 0 unspecified atom stereocenters. The van der Waals surface area contributed by atoms with Crippen molar-refractivity contribution in [1.29, 1.82) is 0 Å². The highest BCUT2D eigenvalue weighted by molar-refractivity contribution is 5.74. The van der Waals surface area contributed by atoms with Crippen LogP contribution in [0.1, 0.15) is 50.7 Å². The molecule has 0 N–H and O–H groups in total. The molecule has 6 bridgehead atoms. The minimum Gasteiger partial charge on any atom is -0.358 e. The normalized spacial score (nSPS) is 50.6. The number of rotatable bonds is 1. The summed E-state index contributed by atoms with van der Waals surface area (Å²) in [4.78, 5) is 11.5. The van der Waals surface area contributed by atoms with Crippen LogP contribution in [-0.4, -0.2) is 85.3 Å². The Morgan fingerprint density at radius 2 is 1.44 bits per heavy atom. The lowest BCUT2D eigenvalue weighted by atomic mass is 9.52. The molecule has 6 saturated heterocycles. The highest BCUT2D eigenvalue weighted by Crippen LogP contribution is 2.74. The van der Waals surface area contributed by atoms with Crippen molar-refractivity contribution in [3.63, 3.8) is 0 Å². The highest BCUT2D eigenvalue weighted by Gasteiger charge is 2.84. The first-order valence-corrected chi connectivity index (χ1v) is 17.9. The van der Waals surface area contributed by atoms with Crippen LogP contribution in [0.25, 0.3) is 0 Å². The van der Waals surface area contributed by atoms with E-state index < -0.39 is 5.60 Å². The van der Waals surface area contributed by atoms with Crippen LogP contribution in [0.2, 0.25) is 0 Å². The SMILES string of the molecule is CC=C1CN2CC[C@]34c5ccccc5N5[C@H]3[C@H]([C@H]3O[C@]6([C@@H]7N3c3ccccc3[C@@]73CCN7CC(=CC)[C@@H]6C[C@H]73)[C@H]5OC)[C@H]1C[C@H]24. The number of nitrogens with zero attached hydrogens (tertiary/aromatic N) is 4. The van der Waals surface area contributed by atoms with Crippen molar-refractivity contribution in [3.05, 3.63) is 83.0 Å². The lowest BCUT2D eigenvalue weighted by Gasteiger charge is -2.63. The number of anilines is 2. The zero-order chi connectivity index (χ0) is 29.6. The Hall–Kier alpha value is -2.64.